The molecule has 0 aromatic heterocycles. The summed E-state index contributed by atoms with van der Waals surface area (Å²) in [5.41, 5.74) is -0.357. The van der Waals surface area contributed by atoms with Crippen LogP contribution in [0.25, 0.3) is 0 Å². The molecule has 70 valence electrons. The van der Waals surface area contributed by atoms with E-state index in [2.05, 4.69) is 0 Å². The number of aliphatic hydroxyl groups is 1. The fourth-order valence-electron chi connectivity index (χ4n) is 2.07. The molecule has 0 saturated carbocycles. The fraction of sp³-hybridized carbons (Fsp3) is 1.00. The third kappa shape index (κ3) is 1.26. The van der Waals surface area contributed by atoms with Crippen LogP contribution in [0.1, 0.15) is 32.6 Å². The second kappa shape index (κ2) is 2.69. The van der Waals surface area contributed by atoms with E-state index >= 15 is 0 Å². The second-order valence-corrected chi connectivity index (χ2v) is 4.07. The van der Waals surface area contributed by atoms with Gasteiger partial charge in [0.25, 0.3) is 0 Å². The lowest BCUT2D eigenvalue weighted by molar-refractivity contribution is -0.230. The molecule has 0 aromatic carbocycles. The SMILES string of the molecule is CC1(CO)CCC2(CCCO2)O1. The highest BCUT2D eigenvalue weighted by atomic mass is 16.7. The molecule has 2 atom stereocenters. The lowest BCUT2D eigenvalue weighted by Crippen LogP contribution is -2.35. The lowest BCUT2D eigenvalue weighted by atomic mass is 10.0. The first-order chi connectivity index (χ1) is 5.68. The van der Waals surface area contributed by atoms with E-state index in [4.69, 9.17) is 14.6 Å². The summed E-state index contributed by atoms with van der Waals surface area (Å²) in [7, 11) is 0. The van der Waals surface area contributed by atoms with E-state index in [1.807, 2.05) is 6.92 Å². The van der Waals surface area contributed by atoms with E-state index in [1.165, 1.54) is 0 Å². The largest absolute Gasteiger partial charge is 0.393 e. The first-order valence-corrected chi connectivity index (χ1v) is 4.63. The van der Waals surface area contributed by atoms with Gasteiger partial charge in [-0.25, -0.2) is 0 Å². The molecule has 2 aliphatic rings. The van der Waals surface area contributed by atoms with Crippen LogP contribution in [0.3, 0.4) is 0 Å². The van der Waals surface area contributed by atoms with E-state index in [0.717, 1.165) is 32.3 Å². The van der Waals surface area contributed by atoms with Crippen LogP contribution in [0.2, 0.25) is 0 Å². The Morgan fingerprint density at radius 2 is 2.17 bits per heavy atom. The van der Waals surface area contributed by atoms with Crippen molar-refractivity contribution in [2.24, 2.45) is 0 Å². The van der Waals surface area contributed by atoms with Crippen molar-refractivity contribution in [2.75, 3.05) is 13.2 Å². The number of rotatable bonds is 1. The Morgan fingerprint density at radius 3 is 2.67 bits per heavy atom. The molecule has 3 nitrogen and oxygen atoms in total. The number of hydrogen-bond acceptors (Lipinski definition) is 3. The van der Waals surface area contributed by atoms with Crippen molar-refractivity contribution in [2.45, 2.75) is 44.0 Å². The van der Waals surface area contributed by atoms with Crippen LogP contribution in [-0.4, -0.2) is 29.7 Å². The van der Waals surface area contributed by atoms with Gasteiger partial charge in [0.2, 0.25) is 0 Å². The van der Waals surface area contributed by atoms with Crippen molar-refractivity contribution in [1.82, 2.24) is 0 Å². The summed E-state index contributed by atoms with van der Waals surface area (Å²) in [4.78, 5) is 0. The monoisotopic (exact) mass is 172 g/mol. The Balaban J connectivity index is 2.05. The van der Waals surface area contributed by atoms with Gasteiger partial charge in [-0.3, -0.25) is 0 Å². The number of hydrogen-bond donors (Lipinski definition) is 1. The number of aliphatic hydroxyl groups excluding tert-OH is 1. The zero-order valence-corrected chi connectivity index (χ0v) is 7.51. The molecule has 2 saturated heterocycles. The van der Waals surface area contributed by atoms with E-state index in [9.17, 15) is 0 Å². The highest BCUT2D eigenvalue weighted by Crippen LogP contribution is 2.43. The zero-order valence-electron chi connectivity index (χ0n) is 7.51. The van der Waals surface area contributed by atoms with E-state index in [1.54, 1.807) is 0 Å². The molecule has 2 heterocycles. The first kappa shape index (κ1) is 8.48. The van der Waals surface area contributed by atoms with Crippen LogP contribution >= 0.6 is 0 Å². The maximum absolute atomic E-state index is 9.09. The molecule has 12 heavy (non-hydrogen) atoms. The standard InChI is InChI=1S/C9H16O3/c1-8(7-10)4-5-9(12-8)3-2-6-11-9/h10H,2-7H2,1H3. The third-order valence-corrected chi connectivity index (χ3v) is 2.87. The minimum atomic E-state index is -0.357. The summed E-state index contributed by atoms with van der Waals surface area (Å²) in [5, 5.41) is 9.09. The van der Waals surface area contributed by atoms with Crippen molar-refractivity contribution < 1.29 is 14.6 Å². The molecule has 0 radical (unpaired) electrons. The summed E-state index contributed by atoms with van der Waals surface area (Å²) in [5.74, 6) is -0.336. The fourth-order valence-corrected chi connectivity index (χ4v) is 2.07. The molecule has 0 amide bonds. The molecule has 0 aliphatic carbocycles. The lowest BCUT2D eigenvalue weighted by Gasteiger charge is -2.27. The molecule has 0 aromatic rings. The summed E-state index contributed by atoms with van der Waals surface area (Å²) in [6, 6.07) is 0. The minimum Gasteiger partial charge on any atom is -0.393 e. The molecule has 2 unspecified atom stereocenters. The van der Waals surface area contributed by atoms with Gasteiger partial charge in [0.05, 0.1) is 18.8 Å². The molecular weight excluding hydrogens is 156 g/mol. The van der Waals surface area contributed by atoms with Gasteiger partial charge >= 0.3 is 0 Å². The van der Waals surface area contributed by atoms with Crippen molar-refractivity contribution >= 4 is 0 Å². The summed E-state index contributed by atoms with van der Waals surface area (Å²) in [6.45, 7) is 2.85. The molecule has 1 spiro atoms. The van der Waals surface area contributed by atoms with Gasteiger partial charge in [-0.15, -0.1) is 0 Å². The maximum atomic E-state index is 9.09. The molecule has 1 N–H and O–H groups in total. The van der Waals surface area contributed by atoms with Crippen LogP contribution in [0, 0.1) is 0 Å². The van der Waals surface area contributed by atoms with Gasteiger partial charge in [-0.2, -0.15) is 0 Å². The van der Waals surface area contributed by atoms with Crippen molar-refractivity contribution in [3.05, 3.63) is 0 Å². The van der Waals surface area contributed by atoms with E-state index in [0.29, 0.717) is 0 Å². The molecule has 2 fully saturated rings. The van der Waals surface area contributed by atoms with Gasteiger partial charge in [0, 0.05) is 12.8 Å². The van der Waals surface area contributed by atoms with Gasteiger partial charge in [0.1, 0.15) is 0 Å². The van der Waals surface area contributed by atoms with Crippen LogP contribution in [-0.2, 0) is 9.47 Å². The molecule has 0 bridgehead atoms. The molecule has 3 heteroatoms. The van der Waals surface area contributed by atoms with Crippen LogP contribution in [0.15, 0.2) is 0 Å². The highest BCUT2D eigenvalue weighted by Gasteiger charge is 2.48. The highest BCUT2D eigenvalue weighted by molar-refractivity contribution is 4.91. The Hall–Kier alpha value is -0.120. The number of ether oxygens (including phenoxy) is 2. The Bertz CT molecular complexity index is 175. The Morgan fingerprint density at radius 1 is 1.33 bits per heavy atom. The second-order valence-electron chi connectivity index (χ2n) is 4.07. The quantitative estimate of drug-likeness (QED) is 0.642. The average molecular weight is 172 g/mol. The Labute approximate surface area is 72.7 Å². The maximum Gasteiger partial charge on any atom is 0.169 e. The van der Waals surface area contributed by atoms with Crippen molar-refractivity contribution in [1.29, 1.82) is 0 Å². The van der Waals surface area contributed by atoms with E-state index < -0.39 is 0 Å². The van der Waals surface area contributed by atoms with Gasteiger partial charge in [-0.1, -0.05) is 0 Å². The Kier molecular flexibility index (Phi) is 1.90. The topological polar surface area (TPSA) is 38.7 Å². The van der Waals surface area contributed by atoms with Crippen molar-refractivity contribution in [3.8, 4) is 0 Å². The van der Waals surface area contributed by atoms with Crippen LogP contribution in [0.5, 0.6) is 0 Å². The predicted octanol–water partition coefficient (Wildman–Crippen LogP) is 1.05. The minimum absolute atomic E-state index is 0.0953. The van der Waals surface area contributed by atoms with Gasteiger partial charge in [0.15, 0.2) is 5.79 Å². The molecular formula is C9H16O3. The molecule has 2 rings (SSSR count). The third-order valence-electron chi connectivity index (χ3n) is 2.87. The van der Waals surface area contributed by atoms with E-state index in [-0.39, 0.29) is 18.0 Å². The normalized spacial score (nSPS) is 47.5. The average Bonchev–Trinajstić information content (AvgIpc) is 2.63. The van der Waals surface area contributed by atoms with Crippen LogP contribution in [0.4, 0.5) is 0 Å². The zero-order chi connectivity index (χ0) is 8.66. The summed E-state index contributed by atoms with van der Waals surface area (Å²) in [6.07, 6.45) is 3.91. The van der Waals surface area contributed by atoms with Crippen molar-refractivity contribution in [3.63, 3.8) is 0 Å². The van der Waals surface area contributed by atoms with Gasteiger partial charge < -0.3 is 14.6 Å². The van der Waals surface area contributed by atoms with Gasteiger partial charge in [-0.05, 0) is 19.8 Å². The summed E-state index contributed by atoms with van der Waals surface area (Å²) >= 11 is 0. The summed E-state index contributed by atoms with van der Waals surface area (Å²) < 4.78 is 11.3. The van der Waals surface area contributed by atoms with Crippen LogP contribution < -0.4 is 0 Å². The molecule has 2 aliphatic heterocycles. The first-order valence-electron chi connectivity index (χ1n) is 4.63. The smallest absolute Gasteiger partial charge is 0.169 e. The predicted molar refractivity (Wildman–Crippen MR) is 43.7 cm³/mol.